The average Bonchev–Trinajstić information content (AvgIpc) is 3.11. The molecule has 3 nitrogen and oxygen atoms in total. The van der Waals surface area contributed by atoms with Crippen molar-refractivity contribution in [3.8, 4) is 44.9 Å². The van der Waals surface area contributed by atoms with Gasteiger partial charge in [0.25, 0.3) is 0 Å². The van der Waals surface area contributed by atoms with Crippen LogP contribution in [0, 0.1) is 32.0 Å². The second kappa shape index (κ2) is 17.3. The van der Waals surface area contributed by atoms with E-state index < -0.39 is 0 Å². The third-order valence-corrected chi connectivity index (χ3v) is 6.71. The maximum atomic E-state index is 4.59. The average molecular weight is 759 g/mol. The van der Waals surface area contributed by atoms with E-state index in [0.29, 0.717) is 0 Å². The second-order valence-corrected chi connectivity index (χ2v) is 10.0. The molecule has 0 spiro atoms. The Morgan fingerprint density at radius 2 is 1.07 bits per heavy atom. The number of aromatic nitrogens is 3. The summed E-state index contributed by atoms with van der Waals surface area (Å²) in [4.78, 5) is 13.1. The molecule has 7 rings (SSSR count). The summed E-state index contributed by atoms with van der Waals surface area (Å²) in [6.45, 7) is 4.15. The van der Waals surface area contributed by atoms with Crippen LogP contribution in [0.25, 0.3) is 44.9 Å². The summed E-state index contributed by atoms with van der Waals surface area (Å²) in [6.07, 6.45) is 5.51. The Bertz CT molecular complexity index is 1790. The van der Waals surface area contributed by atoms with Crippen molar-refractivity contribution in [2.45, 2.75) is 13.8 Å². The molecule has 7 aromatic rings. The van der Waals surface area contributed by atoms with Gasteiger partial charge in [-0.1, -0.05) is 73.2 Å². The van der Waals surface area contributed by atoms with E-state index in [4.69, 9.17) is 0 Å². The summed E-state index contributed by atoms with van der Waals surface area (Å²) in [7, 11) is 0. The number of benzene rings is 4. The van der Waals surface area contributed by atoms with Crippen LogP contribution in [0.1, 0.15) is 11.1 Å². The standard InChI is InChI=1S/C18H14N.C12H10N.C11H8N.Ir/c1-14-12-17(15-8-4-2-5-9-15)13-19-18(14)16-10-6-3-7-11-16;1-10-5-7-11(8-6-10)12-4-2-3-9-13-12;1-2-6-10(7-3-1)11-8-4-5-9-12-11;/h2-10,12-13H,1H3;2-7,9H,1H3;1-6,8-9H;/q3*-1;+3. The summed E-state index contributed by atoms with van der Waals surface area (Å²) in [5.74, 6) is 0. The zero-order chi connectivity index (χ0) is 30.4. The Hall–Kier alpha value is -5.02. The van der Waals surface area contributed by atoms with Crippen molar-refractivity contribution in [3.63, 3.8) is 0 Å². The summed E-state index contributed by atoms with van der Waals surface area (Å²) >= 11 is 0. The van der Waals surface area contributed by atoms with Gasteiger partial charge in [-0.2, -0.15) is 0 Å². The van der Waals surface area contributed by atoms with E-state index in [1.807, 2.05) is 121 Å². The summed E-state index contributed by atoms with van der Waals surface area (Å²) < 4.78 is 0. The van der Waals surface area contributed by atoms with Gasteiger partial charge >= 0.3 is 20.1 Å². The van der Waals surface area contributed by atoms with Crippen LogP contribution in [-0.4, -0.2) is 15.0 Å². The SMILES string of the molecule is Cc1c[c-]c(-c2ccccn2)cc1.Cc1cc(-c2ccccc2)cnc1-c1[c-]cccc1.[Ir+3].[c-]1ccccc1-c1ccccn1. The fraction of sp³-hybridized carbons (Fsp3) is 0.0488. The monoisotopic (exact) mass is 759 g/mol. The predicted octanol–water partition coefficient (Wildman–Crippen LogP) is 9.93. The predicted molar refractivity (Wildman–Crippen MR) is 180 cm³/mol. The van der Waals surface area contributed by atoms with Gasteiger partial charge in [-0.25, -0.2) is 0 Å². The van der Waals surface area contributed by atoms with E-state index in [9.17, 15) is 0 Å². The van der Waals surface area contributed by atoms with Gasteiger partial charge in [0.15, 0.2) is 0 Å². The molecule has 0 N–H and O–H groups in total. The molecular weight excluding hydrogens is 727 g/mol. The van der Waals surface area contributed by atoms with Crippen LogP contribution in [0.15, 0.2) is 158 Å². The Labute approximate surface area is 280 Å². The van der Waals surface area contributed by atoms with Crippen molar-refractivity contribution in [2.24, 2.45) is 0 Å². The first-order valence-electron chi connectivity index (χ1n) is 14.4. The van der Waals surface area contributed by atoms with E-state index in [-0.39, 0.29) is 20.1 Å². The molecular formula is C41H32IrN3. The van der Waals surface area contributed by atoms with Crippen molar-refractivity contribution in [1.82, 2.24) is 15.0 Å². The summed E-state index contributed by atoms with van der Waals surface area (Å²) in [6, 6.07) is 55.6. The quantitative estimate of drug-likeness (QED) is 0.168. The fourth-order valence-corrected chi connectivity index (χ4v) is 4.44. The Morgan fingerprint density at radius 1 is 0.489 bits per heavy atom. The molecule has 0 fully saturated rings. The minimum Gasteiger partial charge on any atom is -0.305 e. The van der Waals surface area contributed by atoms with Crippen molar-refractivity contribution in [1.29, 1.82) is 0 Å². The number of rotatable bonds is 4. The first kappa shape index (κ1) is 32.9. The Balaban J connectivity index is 0.000000157. The van der Waals surface area contributed by atoms with E-state index in [1.165, 1.54) is 16.7 Å². The summed E-state index contributed by atoms with van der Waals surface area (Å²) in [5.41, 5.74) is 10.8. The van der Waals surface area contributed by atoms with Crippen LogP contribution in [0.4, 0.5) is 0 Å². The van der Waals surface area contributed by atoms with E-state index in [1.54, 1.807) is 12.4 Å². The van der Waals surface area contributed by atoms with Gasteiger partial charge in [-0.05, 0) is 47.3 Å². The molecule has 0 amide bonds. The normalized spacial score (nSPS) is 9.82. The van der Waals surface area contributed by atoms with Crippen LogP contribution < -0.4 is 0 Å². The summed E-state index contributed by atoms with van der Waals surface area (Å²) in [5, 5.41) is 0. The van der Waals surface area contributed by atoms with Crippen LogP contribution in [0.5, 0.6) is 0 Å². The molecule has 220 valence electrons. The van der Waals surface area contributed by atoms with Gasteiger partial charge in [0.05, 0.1) is 0 Å². The zero-order valence-corrected chi connectivity index (χ0v) is 27.6. The first-order chi connectivity index (χ1) is 21.7. The molecule has 45 heavy (non-hydrogen) atoms. The Kier molecular flexibility index (Phi) is 12.7. The van der Waals surface area contributed by atoms with Crippen LogP contribution in [-0.2, 0) is 20.1 Å². The smallest absolute Gasteiger partial charge is 0.305 e. The van der Waals surface area contributed by atoms with Gasteiger partial charge in [0.1, 0.15) is 0 Å². The molecule has 4 heteroatoms. The minimum absolute atomic E-state index is 0. The molecule has 4 aromatic carbocycles. The van der Waals surface area contributed by atoms with Crippen molar-refractivity contribution < 1.29 is 20.1 Å². The topological polar surface area (TPSA) is 38.7 Å². The second-order valence-electron chi connectivity index (χ2n) is 10.0. The van der Waals surface area contributed by atoms with Gasteiger partial charge < -0.3 is 15.0 Å². The van der Waals surface area contributed by atoms with E-state index in [0.717, 1.165) is 39.3 Å². The van der Waals surface area contributed by atoms with Crippen LogP contribution >= 0.6 is 0 Å². The minimum atomic E-state index is 0. The van der Waals surface area contributed by atoms with Crippen LogP contribution in [0.2, 0.25) is 0 Å². The molecule has 0 saturated heterocycles. The van der Waals surface area contributed by atoms with Gasteiger partial charge in [0, 0.05) is 18.6 Å². The van der Waals surface area contributed by atoms with Crippen LogP contribution in [0.3, 0.4) is 0 Å². The van der Waals surface area contributed by atoms with E-state index >= 15 is 0 Å². The molecule has 0 bridgehead atoms. The zero-order valence-electron chi connectivity index (χ0n) is 25.2. The Morgan fingerprint density at radius 3 is 1.58 bits per heavy atom. The number of nitrogens with zero attached hydrogens (tertiary/aromatic N) is 3. The van der Waals surface area contributed by atoms with Crippen molar-refractivity contribution >= 4 is 0 Å². The molecule has 3 heterocycles. The molecule has 0 aliphatic heterocycles. The third-order valence-electron chi connectivity index (χ3n) is 6.71. The van der Waals surface area contributed by atoms with E-state index in [2.05, 4.69) is 71.3 Å². The third kappa shape index (κ3) is 9.74. The van der Waals surface area contributed by atoms with Gasteiger partial charge in [-0.15, -0.1) is 107 Å². The van der Waals surface area contributed by atoms with Crippen molar-refractivity contribution in [2.75, 3.05) is 0 Å². The van der Waals surface area contributed by atoms with Gasteiger partial charge in [-0.3, -0.25) is 0 Å². The number of aryl methyl sites for hydroxylation is 2. The molecule has 0 saturated carbocycles. The molecule has 0 radical (unpaired) electrons. The number of hydrogen-bond acceptors (Lipinski definition) is 3. The number of pyridine rings is 3. The first-order valence-corrected chi connectivity index (χ1v) is 14.4. The molecule has 0 atom stereocenters. The number of hydrogen-bond donors (Lipinski definition) is 0. The molecule has 0 unspecified atom stereocenters. The maximum Gasteiger partial charge on any atom is 3.00 e. The molecule has 0 aliphatic rings. The largest absolute Gasteiger partial charge is 3.00 e. The molecule has 3 aromatic heterocycles. The van der Waals surface area contributed by atoms with Crippen molar-refractivity contribution in [3.05, 3.63) is 187 Å². The molecule has 0 aliphatic carbocycles. The fourth-order valence-electron chi connectivity index (χ4n) is 4.44. The van der Waals surface area contributed by atoms with Gasteiger partial charge in [0.2, 0.25) is 0 Å². The maximum absolute atomic E-state index is 4.59.